The van der Waals surface area contributed by atoms with Gasteiger partial charge in [0.15, 0.2) is 5.78 Å². The van der Waals surface area contributed by atoms with Gasteiger partial charge in [-0.1, -0.05) is 31.2 Å². The first-order valence-corrected chi connectivity index (χ1v) is 11.7. The lowest BCUT2D eigenvalue weighted by Gasteiger charge is -2.37. The zero-order valence-electron chi connectivity index (χ0n) is 20.1. The first-order chi connectivity index (χ1) is 16.3. The van der Waals surface area contributed by atoms with Crippen LogP contribution in [-0.2, 0) is 14.3 Å². The van der Waals surface area contributed by atoms with Crippen molar-refractivity contribution in [1.82, 2.24) is 5.32 Å². The summed E-state index contributed by atoms with van der Waals surface area (Å²) in [5, 5.41) is 13.2. The summed E-state index contributed by atoms with van der Waals surface area (Å²) in [6.07, 6.45) is 1.48. The molecule has 0 unspecified atom stereocenters. The number of dihydropyridines is 1. The zero-order chi connectivity index (χ0) is 24.4. The van der Waals surface area contributed by atoms with Crippen molar-refractivity contribution in [2.24, 2.45) is 0 Å². The summed E-state index contributed by atoms with van der Waals surface area (Å²) in [5.74, 6) is -0.0182. The summed E-state index contributed by atoms with van der Waals surface area (Å²) in [6, 6.07) is 14.5. The molecular formula is C28H31NO5. The molecule has 0 saturated heterocycles. The first kappa shape index (κ1) is 23.6. The van der Waals surface area contributed by atoms with Crippen LogP contribution < -0.4 is 10.1 Å². The number of hydrogen-bond donors (Lipinski definition) is 2. The smallest absolute Gasteiger partial charge is 0.337 e. The summed E-state index contributed by atoms with van der Waals surface area (Å²) in [7, 11) is 1.63. The van der Waals surface area contributed by atoms with Crippen molar-refractivity contribution in [2.75, 3.05) is 7.11 Å². The van der Waals surface area contributed by atoms with Gasteiger partial charge < -0.3 is 19.9 Å². The van der Waals surface area contributed by atoms with Gasteiger partial charge in [0, 0.05) is 29.3 Å². The Morgan fingerprint density at radius 3 is 2.35 bits per heavy atom. The summed E-state index contributed by atoms with van der Waals surface area (Å²) < 4.78 is 10.9. The SMILES string of the molecule is CC[C@@H](C)OC(=O)C1=C(C)NC2=C(C(=O)C[C@H](c3ccc(OC)cc3)C2)[C@H]1c1ccc(O)cc1. The van der Waals surface area contributed by atoms with E-state index in [0.29, 0.717) is 36.1 Å². The quantitative estimate of drug-likeness (QED) is 0.582. The normalized spacial score (nSPS) is 21.0. The molecule has 1 aliphatic carbocycles. The van der Waals surface area contributed by atoms with Crippen LogP contribution in [0.2, 0.25) is 0 Å². The van der Waals surface area contributed by atoms with Gasteiger partial charge in [0.2, 0.25) is 0 Å². The Bertz CT molecular complexity index is 1140. The molecule has 1 heterocycles. The fraction of sp³-hybridized carbons (Fsp3) is 0.357. The fourth-order valence-electron chi connectivity index (χ4n) is 4.75. The molecule has 34 heavy (non-hydrogen) atoms. The number of methoxy groups -OCH3 is 1. The lowest BCUT2D eigenvalue weighted by atomic mass is 9.71. The van der Waals surface area contributed by atoms with Crippen LogP contribution in [-0.4, -0.2) is 30.1 Å². The number of Topliss-reactive ketones (excluding diaryl/α,β-unsaturated/α-hetero) is 1. The maximum Gasteiger partial charge on any atom is 0.337 e. The molecule has 2 aromatic carbocycles. The summed E-state index contributed by atoms with van der Waals surface area (Å²) in [4.78, 5) is 26.8. The van der Waals surface area contributed by atoms with Crippen LogP contribution in [0.25, 0.3) is 0 Å². The molecule has 178 valence electrons. The number of phenols is 1. The van der Waals surface area contributed by atoms with Crippen LogP contribution >= 0.6 is 0 Å². The summed E-state index contributed by atoms with van der Waals surface area (Å²) in [5.41, 5.74) is 4.44. The molecule has 0 radical (unpaired) electrons. The highest BCUT2D eigenvalue weighted by molar-refractivity contribution is 6.04. The number of ether oxygens (including phenoxy) is 2. The molecule has 0 fully saturated rings. The van der Waals surface area contributed by atoms with Gasteiger partial charge in [0.1, 0.15) is 11.5 Å². The van der Waals surface area contributed by atoms with E-state index in [0.717, 1.165) is 22.6 Å². The third kappa shape index (κ3) is 4.58. The number of benzene rings is 2. The highest BCUT2D eigenvalue weighted by Crippen LogP contribution is 2.46. The van der Waals surface area contributed by atoms with Crippen molar-refractivity contribution >= 4 is 11.8 Å². The van der Waals surface area contributed by atoms with Gasteiger partial charge in [0.25, 0.3) is 0 Å². The molecule has 2 N–H and O–H groups in total. The topological polar surface area (TPSA) is 84.9 Å². The Kier molecular flexibility index (Phi) is 6.77. The van der Waals surface area contributed by atoms with Crippen LogP contribution in [0, 0.1) is 0 Å². The number of rotatable bonds is 6. The number of allylic oxidation sites excluding steroid dienone is 3. The van der Waals surface area contributed by atoms with Gasteiger partial charge in [-0.3, -0.25) is 4.79 Å². The third-order valence-corrected chi connectivity index (χ3v) is 6.74. The largest absolute Gasteiger partial charge is 0.508 e. The van der Waals surface area contributed by atoms with E-state index in [9.17, 15) is 14.7 Å². The van der Waals surface area contributed by atoms with E-state index in [4.69, 9.17) is 9.47 Å². The van der Waals surface area contributed by atoms with Crippen molar-refractivity contribution in [1.29, 1.82) is 0 Å². The summed E-state index contributed by atoms with van der Waals surface area (Å²) >= 11 is 0. The number of ketones is 1. The monoisotopic (exact) mass is 461 g/mol. The average molecular weight is 462 g/mol. The van der Waals surface area contributed by atoms with Crippen molar-refractivity contribution < 1.29 is 24.2 Å². The molecule has 1 aliphatic heterocycles. The predicted molar refractivity (Wildman–Crippen MR) is 130 cm³/mol. The van der Waals surface area contributed by atoms with Gasteiger partial charge >= 0.3 is 5.97 Å². The van der Waals surface area contributed by atoms with Crippen molar-refractivity contribution in [3.05, 3.63) is 82.2 Å². The van der Waals surface area contributed by atoms with E-state index in [1.165, 1.54) is 0 Å². The number of carbonyl (C=O) groups is 2. The number of aromatic hydroxyl groups is 1. The van der Waals surface area contributed by atoms with Gasteiger partial charge in [-0.15, -0.1) is 0 Å². The summed E-state index contributed by atoms with van der Waals surface area (Å²) in [6.45, 7) is 5.67. The second-order valence-electron chi connectivity index (χ2n) is 9.01. The molecular weight excluding hydrogens is 430 g/mol. The van der Waals surface area contributed by atoms with Crippen molar-refractivity contribution in [2.45, 2.75) is 58.0 Å². The number of carbonyl (C=O) groups excluding carboxylic acids is 2. The van der Waals surface area contributed by atoms with E-state index >= 15 is 0 Å². The molecule has 0 spiro atoms. The Morgan fingerprint density at radius 2 is 1.74 bits per heavy atom. The number of phenolic OH excluding ortho intramolecular Hbond substituents is 1. The van der Waals surface area contributed by atoms with E-state index in [1.807, 2.05) is 45.0 Å². The number of hydrogen-bond acceptors (Lipinski definition) is 6. The first-order valence-electron chi connectivity index (χ1n) is 11.7. The second kappa shape index (κ2) is 9.75. The van der Waals surface area contributed by atoms with Crippen LogP contribution in [0.4, 0.5) is 0 Å². The molecule has 2 aromatic rings. The highest BCUT2D eigenvalue weighted by atomic mass is 16.5. The molecule has 0 saturated carbocycles. The van der Waals surface area contributed by atoms with Crippen LogP contribution in [0.1, 0.15) is 63.0 Å². The maximum absolute atomic E-state index is 13.6. The molecule has 0 bridgehead atoms. The lowest BCUT2D eigenvalue weighted by molar-refractivity contribution is -0.144. The van der Waals surface area contributed by atoms with Crippen molar-refractivity contribution in [3.63, 3.8) is 0 Å². The van der Waals surface area contributed by atoms with Gasteiger partial charge in [-0.25, -0.2) is 4.79 Å². The minimum Gasteiger partial charge on any atom is -0.508 e. The molecule has 3 atom stereocenters. The highest BCUT2D eigenvalue weighted by Gasteiger charge is 2.41. The predicted octanol–water partition coefficient (Wildman–Crippen LogP) is 5.10. The Hall–Kier alpha value is -3.54. The Balaban J connectivity index is 1.75. The van der Waals surface area contributed by atoms with Gasteiger partial charge in [0.05, 0.1) is 18.8 Å². The van der Waals surface area contributed by atoms with E-state index in [1.54, 1.807) is 31.4 Å². The minimum atomic E-state index is -0.544. The minimum absolute atomic E-state index is 0.00832. The van der Waals surface area contributed by atoms with Gasteiger partial charge in [-0.05, 0) is 68.0 Å². The van der Waals surface area contributed by atoms with E-state index in [2.05, 4.69) is 5.32 Å². The molecule has 6 nitrogen and oxygen atoms in total. The van der Waals surface area contributed by atoms with Crippen LogP contribution in [0.5, 0.6) is 11.5 Å². The second-order valence-corrected chi connectivity index (χ2v) is 9.01. The van der Waals surface area contributed by atoms with Crippen molar-refractivity contribution in [3.8, 4) is 11.5 Å². The molecule has 6 heteroatoms. The number of nitrogens with one attached hydrogen (secondary N) is 1. The lowest BCUT2D eigenvalue weighted by Crippen LogP contribution is -2.36. The zero-order valence-corrected chi connectivity index (χ0v) is 20.1. The van der Waals surface area contributed by atoms with E-state index < -0.39 is 11.9 Å². The third-order valence-electron chi connectivity index (χ3n) is 6.74. The molecule has 0 aromatic heterocycles. The molecule has 4 rings (SSSR count). The van der Waals surface area contributed by atoms with Gasteiger partial charge in [-0.2, -0.15) is 0 Å². The standard InChI is InChI=1S/C28H31NO5/c1-5-16(2)34-28(32)25-17(3)29-23-14-20(18-8-12-22(33-4)13-9-18)15-24(31)27(23)26(25)19-6-10-21(30)11-7-19/h6-13,16,20,26,29-30H,5,14-15H2,1-4H3/t16-,20-,26+/m1/s1. The molecule has 0 amide bonds. The Labute approximate surface area is 200 Å². The van der Waals surface area contributed by atoms with E-state index in [-0.39, 0.29) is 23.6 Å². The van der Waals surface area contributed by atoms with Crippen LogP contribution in [0.3, 0.4) is 0 Å². The Morgan fingerprint density at radius 1 is 1.09 bits per heavy atom. The fourth-order valence-corrected chi connectivity index (χ4v) is 4.75. The maximum atomic E-state index is 13.6. The van der Waals surface area contributed by atoms with Crippen LogP contribution in [0.15, 0.2) is 71.1 Å². The molecule has 2 aliphatic rings. The average Bonchev–Trinajstić information content (AvgIpc) is 2.83. The number of esters is 1.